The molecule has 0 unspecified atom stereocenters. The third-order valence-electron chi connectivity index (χ3n) is 4.85. The number of aromatic nitrogens is 1. The summed E-state index contributed by atoms with van der Waals surface area (Å²) in [5.74, 6) is -1.45. The van der Waals surface area contributed by atoms with E-state index in [1.165, 1.54) is 0 Å². The first-order valence-electron chi connectivity index (χ1n) is 9.33. The predicted molar refractivity (Wildman–Crippen MR) is 116 cm³/mol. The van der Waals surface area contributed by atoms with Crippen LogP contribution in [-0.2, 0) is 4.79 Å². The van der Waals surface area contributed by atoms with E-state index in [0.29, 0.717) is 5.69 Å². The Labute approximate surface area is 174 Å². The van der Waals surface area contributed by atoms with E-state index in [2.05, 4.69) is 5.32 Å². The SMILES string of the molecule is Cc1cc(C(=O)O)ccc1-n1c(C)cc(/C=C(\C#N)C(=O)Nc2ccccc2)c1C. The summed E-state index contributed by atoms with van der Waals surface area (Å²) in [5.41, 5.74) is 5.00. The molecule has 6 heteroatoms. The largest absolute Gasteiger partial charge is 0.478 e. The predicted octanol–water partition coefficient (Wildman–Crippen LogP) is 4.65. The molecule has 2 N–H and O–H groups in total. The van der Waals surface area contributed by atoms with E-state index in [4.69, 9.17) is 0 Å². The van der Waals surface area contributed by atoms with Crippen molar-refractivity contribution in [2.24, 2.45) is 0 Å². The van der Waals surface area contributed by atoms with Gasteiger partial charge in [0.1, 0.15) is 11.6 Å². The molecule has 0 spiro atoms. The van der Waals surface area contributed by atoms with Gasteiger partial charge < -0.3 is 15.0 Å². The number of carboxylic acids is 1. The van der Waals surface area contributed by atoms with Gasteiger partial charge in [0.15, 0.2) is 0 Å². The van der Waals surface area contributed by atoms with Gasteiger partial charge in [-0.25, -0.2) is 4.79 Å². The molecule has 0 atom stereocenters. The molecule has 30 heavy (non-hydrogen) atoms. The fraction of sp³-hybridized carbons (Fsp3) is 0.125. The van der Waals surface area contributed by atoms with Crippen LogP contribution in [0.2, 0.25) is 0 Å². The van der Waals surface area contributed by atoms with Gasteiger partial charge in [0.2, 0.25) is 0 Å². The minimum atomic E-state index is -0.975. The Morgan fingerprint density at radius 3 is 2.37 bits per heavy atom. The van der Waals surface area contributed by atoms with Crippen molar-refractivity contribution in [2.45, 2.75) is 20.8 Å². The van der Waals surface area contributed by atoms with Gasteiger partial charge >= 0.3 is 5.97 Å². The van der Waals surface area contributed by atoms with E-state index in [0.717, 1.165) is 28.2 Å². The van der Waals surface area contributed by atoms with Crippen molar-refractivity contribution >= 4 is 23.6 Å². The molecule has 0 radical (unpaired) electrons. The van der Waals surface area contributed by atoms with Crippen LogP contribution in [0.1, 0.15) is 32.9 Å². The zero-order valence-electron chi connectivity index (χ0n) is 16.9. The molecule has 3 aromatic rings. The summed E-state index contributed by atoms with van der Waals surface area (Å²) < 4.78 is 1.98. The first-order valence-corrected chi connectivity index (χ1v) is 9.33. The number of nitrogens with zero attached hydrogens (tertiary/aromatic N) is 2. The Morgan fingerprint density at radius 2 is 1.77 bits per heavy atom. The van der Waals surface area contributed by atoms with Crippen molar-refractivity contribution in [1.29, 1.82) is 5.26 Å². The normalized spacial score (nSPS) is 11.1. The van der Waals surface area contributed by atoms with E-state index < -0.39 is 11.9 Å². The van der Waals surface area contributed by atoms with Crippen LogP contribution in [0, 0.1) is 32.1 Å². The van der Waals surface area contributed by atoms with Crippen LogP contribution < -0.4 is 5.32 Å². The van der Waals surface area contributed by atoms with Gasteiger partial charge in [-0.2, -0.15) is 5.26 Å². The first-order chi connectivity index (χ1) is 14.3. The molecule has 2 aromatic carbocycles. The highest BCUT2D eigenvalue weighted by Gasteiger charge is 2.15. The van der Waals surface area contributed by atoms with Crippen LogP contribution in [0.15, 0.2) is 60.2 Å². The molecule has 0 fully saturated rings. The molecule has 1 heterocycles. The Kier molecular flexibility index (Phi) is 5.84. The third-order valence-corrected chi connectivity index (χ3v) is 4.85. The van der Waals surface area contributed by atoms with Gasteiger partial charge in [0, 0.05) is 22.8 Å². The van der Waals surface area contributed by atoms with Crippen molar-refractivity contribution in [1.82, 2.24) is 4.57 Å². The maximum atomic E-state index is 12.5. The van der Waals surface area contributed by atoms with Crippen molar-refractivity contribution in [3.63, 3.8) is 0 Å². The summed E-state index contributed by atoms with van der Waals surface area (Å²) in [4.78, 5) is 23.7. The number of carboxylic acid groups (broad SMARTS) is 1. The van der Waals surface area contributed by atoms with Gasteiger partial charge in [-0.05, 0) is 74.4 Å². The van der Waals surface area contributed by atoms with Crippen molar-refractivity contribution in [3.05, 3.63) is 88.2 Å². The fourth-order valence-corrected chi connectivity index (χ4v) is 3.37. The third kappa shape index (κ3) is 4.15. The number of carbonyl (C=O) groups excluding carboxylic acids is 1. The summed E-state index contributed by atoms with van der Waals surface area (Å²) in [7, 11) is 0. The molecular weight excluding hydrogens is 378 g/mol. The number of hydrogen-bond acceptors (Lipinski definition) is 3. The van der Waals surface area contributed by atoms with Crippen LogP contribution in [-0.4, -0.2) is 21.6 Å². The second-order valence-corrected chi connectivity index (χ2v) is 6.96. The maximum absolute atomic E-state index is 12.5. The lowest BCUT2D eigenvalue weighted by Gasteiger charge is -2.13. The van der Waals surface area contributed by atoms with Gasteiger partial charge in [-0.1, -0.05) is 18.2 Å². The highest BCUT2D eigenvalue weighted by Crippen LogP contribution is 2.26. The number of aromatic carboxylic acids is 1. The highest BCUT2D eigenvalue weighted by molar-refractivity contribution is 6.09. The Hall–Kier alpha value is -4.11. The monoisotopic (exact) mass is 399 g/mol. The van der Waals surface area contributed by atoms with Crippen molar-refractivity contribution in [3.8, 4) is 11.8 Å². The topological polar surface area (TPSA) is 95.1 Å². The number of amides is 1. The second-order valence-electron chi connectivity index (χ2n) is 6.96. The zero-order chi connectivity index (χ0) is 21.8. The zero-order valence-corrected chi connectivity index (χ0v) is 16.9. The number of carbonyl (C=O) groups is 2. The molecule has 6 nitrogen and oxygen atoms in total. The molecule has 1 aromatic heterocycles. The smallest absolute Gasteiger partial charge is 0.335 e. The number of benzene rings is 2. The average Bonchev–Trinajstić information content (AvgIpc) is 2.99. The van der Waals surface area contributed by atoms with Crippen LogP contribution in [0.25, 0.3) is 11.8 Å². The molecule has 1 amide bonds. The average molecular weight is 399 g/mol. The minimum absolute atomic E-state index is 0.00273. The van der Waals surface area contributed by atoms with E-state index in [9.17, 15) is 20.0 Å². The number of nitriles is 1. The first kappa shape index (κ1) is 20.6. The Bertz CT molecular complexity index is 1200. The molecule has 0 saturated heterocycles. The van der Waals surface area contributed by atoms with Gasteiger partial charge in [0.25, 0.3) is 5.91 Å². The summed E-state index contributed by atoms with van der Waals surface area (Å²) >= 11 is 0. The van der Waals surface area contributed by atoms with Crippen LogP contribution in [0.3, 0.4) is 0 Å². The quantitative estimate of drug-likeness (QED) is 0.482. The fourth-order valence-electron chi connectivity index (χ4n) is 3.37. The van der Waals surface area contributed by atoms with E-state index in [-0.39, 0.29) is 11.1 Å². The molecule has 0 aliphatic carbocycles. The van der Waals surface area contributed by atoms with Crippen LogP contribution in [0.5, 0.6) is 0 Å². The molecule has 0 saturated carbocycles. The maximum Gasteiger partial charge on any atom is 0.335 e. The number of anilines is 1. The van der Waals surface area contributed by atoms with Gasteiger partial charge in [0.05, 0.1) is 5.56 Å². The lowest BCUT2D eigenvalue weighted by Crippen LogP contribution is -2.13. The number of aryl methyl sites for hydroxylation is 2. The molecule has 3 rings (SSSR count). The van der Waals surface area contributed by atoms with E-state index in [1.807, 2.05) is 43.5 Å². The number of nitrogens with one attached hydrogen (secondary N) is 1. The van der Waals surface area contributed by atoms with Crippen LogP contribution >= 0.6 is 0 Å². The summed E-state index contributed by atoms with van der Waals surface area (Å²) in [6.45, 7) is 5.67. The Morgan fingerprint density at radius 1 is 1.07 bits per heavy atom. The second kappa shape index (κ2) is 8.50. The molecule has 0 aliphatic heterocycles. The molecular formula is C24H21N3O3. The summed E-state index contributed by atoms with van der Waals surface area (Å²) in [5, 5.41) is 21.4. The van der Waals surface area contributed by atoms with E-state index in [1.54, 1.807) is 48.5 Å². The summed E-state index contributed by atoms with van der Waals surface area (Å²) in [6.07, 6.45) is 1.57. The molecule has 150 valence electrons. The Balaban J connectivity index is 1.97. The van der Waals surface area contributed by atoms with Crippen LogP contribution in [0.4, 0.5) is 5.69 Å². The number of para-hydroxylation sites is 1. The minimum Gasteiger partial charge on any atom is -0.478 e. The van der Waals surface area contributed by atoms with Gasteiger partial charge in [-0.15, -0.1) is 0 Å². The van der Waals surface area contributed by atoms with Crippen molar-refractivity contribution in [2.75, 3.05) is 5.32 Å². The van der Waals surface area contributed by atoms with E-state index >= 15 is 0 Å². The lowest BCUT2D eigenvalue weighted by molar-refractivity contribution is -0.112. The van der Waals surface area contributed by atoms with Crippen molar-refractivity contribution < 1.29 is 14.7 Å². The molecule has 0 aliphatic rings. The lowest BCUT2D eigenvalue weighted by atomic mass is 10.1. The molecule has 0 bridgehead atoms. The van der Waals surface area contributed by atoms with Gasteiger partial charge in [-0.3, -0.25) is 4.79 Å². The number of rotatable bonds is 5. The standard InChI is InChI=1S/C24H21N3O3/c1-15-11-18(24(29)30)9-10-22(15)27-16(2)12-19(17(27)3)13-20(14-25)23(28)26-21-7-5-4-6-8-21/h4-13H,1-3H3,(H,26,28)(H,29,30)/b20-13+. The highest BCUT2D eigenvalue weighted by atomic mass is 16.4. The number of hydrogen-bond donors (Lipinski definition) is 2. The summed E-state index contributed by atoms with van der Waals surface area (Å²) in [6, 6.07) is 17.8.